The third kappa shape index (κ3) is 4.62. The van der Waals surface area contributed by atoms with Crippen LogP contribution in [-0.2, 0) is 0 Å². The minimum absolute atomic E-state index is 0.896. The van der Waals surface area contributed by atoms with Crippen LogP contribution in [0.4, 0.5) is 17.1 Å². The molecule has 0 bridgehead atoms. The van der Waals surface area contributed by atoms with Crippen molar-refractivity contribution in [3.05, 3.63) is 176 Å². The number of fused-ring (bicyclic) bond motifs is 9. The molecule has 0 aliphatic carbocycles. The van der Waals surface area contributed by atoms with E-state index in [1.54, 1.807) is 0 Å². The van der Waals surface area contributed by atoms with Gasteiger partial charge in [-0.3, -0.25) is 0 Å². The standard InChI is InChI=1S/C46H29NOS/c1-3-9-30(10-4-1)32-15-20-35(21-16-32)47(36-22-17-33(18-23-36)31-11-5-2-6-12-31)37-24-27-42-41(29-37)44-43(48-42)28-26-40-39-25-19-34-13-7-8-14-38(34)45(39)49-46(40)44/h1-29H. The van der Waals surface area contributed by atoms with Crippen molar-refractivity contribution < 1.29 is 4.42 Å². The first-order chi connectivity index (χ1) is 24.3. The minimum atomic E-state index is 0.896. The number of thiophene rings is 1. The summed E-state index contributed by atoms with van der Waals surface area (Å²) >= 11 is 1.87. The summed E-state index contributed by atoms with van der Waals surface area (Å²) in [6, 6.07) is 63.0. The van der Waals surface area contributed by atoms with Crippen molar-refractivity contribution in [2.45, 2.75) is 0 Å². The summed E-state index contributed by atoms with van der Waals surface area (Å²) in [5, 5.41) is 7.44. The van der Waals surface area contributed by atoms with Crippen LogP contribution in [0.15, 0.2) is 180 Å². The Morgan fingerprint density at radius 3 is 1.57 bits per heavy atom. The van der Waals surface area contributed by atoms with Gasteiger partial charge in [0.05, 0.1) is 0 Å². The summed E-state index contributed by atoms with van der Waals surface area (Å²) in [6.45, 7) is 0. The van der Waals surface area contributed by atoms with Gasteiger partial charge in [-0.1, -0.05) is 121 Å². The van der Waals surface area contributed by atoms with Gasteiger partial charge >= 0.3 is 0 Å². The average Bonchev–Trinajstić information content (AvgIpc) is 3.75. The summed E-state index contributed by atoms with van der Waals surface area (Å²) in [7, 11) is 0. The third-order valence-electron chi connectivity index (χ3n) is 9.67. The first-order valence-electron chi connectivity index (χ1n) is 16.6. The molecular weight excluding hydrogens is 615 g/mol. The molecule has 0 unspecified atom stereocenters. The lowest BCUT2D eigenvalue weighted by molar-refractivity contribution is 0.669. The number of rotatable bonds is 5. The molecule has 2 nitrogen and oxygen atoms in total. The highest BCUT2D eigenvalue weighted by Crippen LogP contribution is 2.46. The maximum absolute atomic E-state index is 6.51. The lowest BCUT2D eigenvalue weighted by Gasteiger charge is -2.26. The molecule has 0 fully saturated rings. The van der Waals surface area contributed by atoms with Crippen LogP contribution in [0.1, 0.15) is 0 Å². The van der Waals surface area contributed by atoms with E-state index >= 15 is 0 Å². The van der Waals surface area contributed by atoms with Crippen molar-refractivity contribution in [3.63, 3.8) is 0 Å². The predicted octanol–water partition coefficient (Wildman–Crippen LogP) is 13.9. The van der Waals surface area contributed by atoms with E-state index in [1.807, 2.05) is 11.3 Å². The molecule has 0 atom stereocenters. The molecule has 3 heteroatoms. The van der Waals surface area contributed by atoms with Gasteiger partial charge in [0, 0.05) is 48.0 Å². The van der Waals surface area contributed by atoms with Gasteiger partial charge in [0.1, 0.15) is 11.2 Å². The number of benzene rings is 8. The van der Waals surface area contributed by atoms with Crippen molar-refractivity contribution in [2.75, 3.05) is 4.90 Å². The zero-order valence-corrected chi connectivity index (χ0v) is 27.3. The Kier molecular flexibility index (Phi) is 6.39. The Morgan fingerprint density at radius 1 is 0.367 bits per heavy atom. The number of nitrogens with zero attached hydrogens (tertiary/aromatic N) is 1. The fourth-order valence-corrected chi connectivity index (χ4v) is 8.65. The number of hydrogen-bond acceptors (Lipinski definition) is 3. The Hall–Kier alpha value is -6.16. The molecule has 0 aliphatic heterocycles. The second kappa shape index (κ2) is 11.2. The largest absolute Gasteiger partial charge is 0.456 e. The van der Waals surface area contributed by atoms with Gasteiger partial charge in [-0.2, -0.15) is 0 Å². The quantitative estimate of drug-likeness (QED) is 0.186. The molecule has 2 aromatic heterocycles. The van der Waals surface area contributed by atoms with E-state index in [1.165, 1.54) is 58.6 Å². The minimum Gasteiger partial charge on any atom is -0.456 e. The summed E-state index contributed by atoms with van der Waals surface area (Å²) in [5.41, 5.74) is 9.89. The van der Waals surface area contributed by atoms with Crippen molar-refractivity contribution in [2.24, 2.45) is 0 Å². The number of anilines is 3. The highest BCUT2D eigenvalue weighted by Gasteiger charge is 2.19. The third-order valence-corrected chi connectivity index (χ3v) is 10.9. The topological polar surface area (TPSA) is 16.4 Å². The van der Waals surface area contributed by atoms with Crippen molar-refractivity contribution in [3.8, 4) is 22.3 Å². The van der Waals surface area contributed by atoms with Crippen LogP contribution < -0.4 is 4.90 Å². The molecule has 49 heavy (non-hydrogen) atoms. The fourth-order valence-electron chi connectivity index (χ4n) is 7.26. The van der Waals surface area contributed by atoms with Gasteiger partial charge in [-0.25, -0.2) is 0 Å². The van der Waals surface area contributed by atoms with Crippen molar-refractivity contribution in [1.29, 1.82) is 0 Å². The van der Waals surface area contributed by atoms with Crippen LogP contribution in [0.5, 0.6) is 0 Å². The van der Waals surface area contributed by atoms with E-state index in [0.29, 0.717) is 0 Å². The van der Waals surface area contributed by atoms with E-state index in [-0.39, 0.29) is 0 Å². The zero-order chi connectivity index (χ0) is 32.3. The zero-order valence-electron chi connectivity index (χ0n) is 26.5. The SMILES string of the molecule is c1ccc(-c2ccc(N(c3ccc(-c4ccccc4)cc3)c3ccc4oc5ccc6c7ccc8ccccc8c7sc6c5c4c3)cc2)cc1. The molecule has 10 aromatic rings. The predicted molar refractivity (Wildman–Crippen MR) is 210 cm³/mol. The highest BCUT2D eigenvalue weighted by molar-refractivity contribution is 7.27. The van der Waals surface area contributed by atoms with Gasteiger partial charge in [0.15, 0.2) is 0 Å². The summed E-state index contributed by atoms with van der Waals surface area (Å²) in [6.07, 6.45) is 0. The van der Waals surface area contributed by atoms with E-state index in [9.17, 15) is 0 Å². The van der Waals surface area contributed by atoms with Gasteiger partial charge in [-0.15, -0.1) is 11.3 Å². The highest BCUT2D eigenvalue weighted by atomic mass is 32.1. The molecule has 10 rings (SSSR count). The number of furan rings is 1. The van der Waals surface area contributed by atoms with Crippen LogP contribution in [0.3, 0.4) is 0 Å². The Labute approximate surface area is 287 Å². The summed E-state index contributed by atoms with van der Waals surface area (Å²) in [4.78, 5) is 2.35. The molecule has 0 amide bonds. The summed E-state index contributed by atoms with van der Waals surface area (Å²) in [5.74, 6) is 0. The monoisotopic (exact) mass is 643 g/mol. The van der Waals surface area contributed by atoms with Crippen molar-refractivity contribution >= 4 is 81.3 Å². The maximum atomic E-state index is 6.51. The van der Waals surface area contributed by atoms with Gasteiger partial charge in [0.25, 0.3) is 0 Å². The van der Waals surface area contributed by atoms with Crippen molar-refractivity contribution in [1.82, 2.24) is 0 Å². The van der Waals surface area contributed by atoms with Gasteiger partial charge in [0.2, 0.25) is 0 Å². The van der Waals surface area contributed by atoms with Gasteiger partial charge < -0.3 is 9.32 Å². The van der Waals surface area contributed by atoms with E-state index in [0.717, 1.165) is 33.6 Å². The average molecular weight is 644 g/mol. The first-order valence-corrected chi connectivity index (χ1v) is 17.4. The van der Waals surface area contributed by atoms with Crippen LogP contribution in [0.25, 0.3) is 75.1 Å². The molecule has 2 heterocycles. The molecule has 0 spiro atoms. The Balaban J connectivity index is 1.16. The van der Waals surface area contributed by atoms with Gasteiger partial charge in [-0.05, 0) is 87.6 Å². The van der Waals surface area contributed by atoms with Crippen LogP contribution in [0.2, 0.25) is 0 Å². The number of hydrogen-bond donors (Lipinski definition) is 0. The second-order valence-electron chi connectivity index (χ2n) is 12.5. The molecule has 0 saturated heterocycles. The lowest BCUT2D eigenvalue weighted by Crippen LogP contribution is -2.09. The second-order valence-corrected chi connectivity index (χ2v) is 13.5. The Bertz CT molecular complexity index is 2710. The van der Waals surface area contributed by atoms with Crippen LogP contribution in [-0.4, -0.2) is 0 Å². The summed E-state index contributed by atoms with van der Waals surface area (Å²) < 4.78 is 9.10. The smallest absolute Gasteiger partial charge is 0.136 e. The molecule has 0 aliphatic rings. The molecule has 8 aromatic carbocycles. The molecular formula is C46H29NOS. The maximum Gasteiger partial charge on any atom is 0.136 e. The molecule has 0 saturated carbocycles. The Morgan fingerprint density at radius 2 is 0.898 bits per heavy atom. The molecule has 0 N–H and O–H groups in total. The van der Waals surface area contributed by atoms with E-state index in [4.69, 9.17) is 4.42 Å². The van der Waals surface area contributed by atoms with E-state index < -0.39 is 0 Å². The van der Waals surface area contributed by atoms with Crippen LogP contribution >= 0.6 is 11.3 Å². The lowest BCUT2D eigenvalue weighted by atomic mass is 10.0. The fraction of sp³-hybridized carbons (Fsp3) is 0. The first kappa shape index (κ1) is 27.9. The normalized spacial score (nSPS) is 11.7. The van der Waals surface area contributed by atoms with Crippen LogP contribution in [0, 0.1) is 0 Å². The van der Waals surface area contributed by atoms with E-state index in [2.05, 4.69) is 181 Å². The molecule has 0 radical (unpaired) electrons. The molecule has 230 valence electrons.